The first-order valence-corrected chi connectivity index (χ1v) is 16.9. The Morgan fingerprint density at radius 2 is 1.53 bits per heavy atom. The zero-order chi connectivity index (χ0) is 34.3. The molecule has 1 fully saturated rings. The van der Waals surface area contributed by atoms with Crippen LogP contribution in [0.1, 0.15) is 92.3 Å². The van der Waals surface area contributed by atoms with E-state index in [0.29, 0.717) is 63.1 Å². The van der Waals surface area contributed by atoms with Crippen LogP contribution in [0.25, 0.3) is 0 Å². The lowest BCUT2D eigenvalue weighted by molar-refractivity contribution is -0.155. The summed E-state index contributed by atoms with van der Waals surface area (Å²) in [4.78, 5) is 55.5. The van der Waals surface area contributed by atoms with Gasteiger partial charge in [-0.25, -0.2) is 0 Å². The molecule has 49 heavy (non-hydrogen) atoms. The second-order valence-electron chi connectivity index (χ2n) is 13.7. The van der Waals surface area contributed by atoms with Crippen LogP contribution in [-0.4, -0.2) is 67.0 Å². The Balaban J connectivity index is 0.00000541. The van der Waals surface area contributed by atoms with Crippen LogP contribution in [0.15, 0.2) is 78.9 Å². The lowest BCUT2D eigenvalue weighted by Gasteiger charge is -2.42. The van der Waals surface area contributed by atoms with Crippen LogP contribution in [0.5, 0.6) is 5.75 Å². The number of carbonyl (C=O) groups excluding carboxylic acids is 4. The number of nitrogens with one attached hydrogen (secondary N) is 2. The molecule has 0 spiro atoms. The van der Waals surface area contributed by atoms with Crippen LogP contribution in [0.4, 0.5) is 0 Å². The number of piperidine rings is 1. The minimum absolute atomic E-state index is 0. The number of likely N-dealkylation sites (tertiary alicyclic amines) is 1. The summed E-state index contributed by atoms with van der Waals surface area (Å²) in [6.45, 7) is 6.91. The fourth-order valence-corrected chi connectivity index (χ4v) is 7.02. The number of para-hydroxylation sites is 1. The second-order valence-corrected chi connectivity index (χ2v) is 13.7. The van der Waals surface area contributed by atoms with E-state index < -0.39 is 11.0 Å². The smallest absolute Gasteiger partial charge is 0.306 e. The van der Waals surface area contributed by atoms with Crippen molar-refractivity contribution >= 4 is 37.2 Å². The molecule has 5 rings (SSSR count). The molecular formula is C39H49N3O6S. The Labute approximate surface area is 296 Å². The molecule has 0 aromatic heterocycles. The summed E-state index contributed by atoms with van der Waals surface area (Å²) in [6, 6.07) is 24.7. The molecule has 1 aliphatic heterocycles. The van der Waals surface area contributed by atoms with Crippen molar-refractivity contribution in [1.29, 1.82) is 0 Å². The monoisotopic (exact) mass is 687 g/mol. The summed E-state index contributed by atoms with van der Waals surface area (Å²) >= 11 is 0. The van der Waals surface area contributed by atoms with Crippen LogP contribution < -0.4 is 15.4 Å². The Morgan fingerprint density at radius 3 is 2.22 bits per heavy atom. The molecular weight excluding hydrogens is 639 g/mol. The SMILES string of the molecule is COc1ccccc1C(=O)NC1CCN(C(=O)[C@H]2CC[C@@](C(=O)NCCCC(=O)OC(C)(C)C)(c3ccccc3)c3ccccc32)CC1.S. The maximum absolute atomic E-state index is 14.2. The highest BCUT2D eigenvalue weighted by Crippen LogP contribution is 2.48. The van der Waals surface area contributed by atoms with Gasteiger partial charge in [0.05, 0.1) is 24.0 Å². The van der Waals surface area contributed by atoms with Crippen molar-refractivity contribution in [1.82, 2.24) is 15.5 Å². The summed E-state index contributed by atoms with van der Waals surface area (Å²) < 4.78 is 10.8. The molecule has 262 valence electrons. The lowest BCUT2D eigenvalue weighted by atomic mass is 9.62. The number of hydrogen-bond donors (Lipinski definition) is 2. The minimum atomic E-state index is -0.976. The van der Waals surface area contributed by atoms with Crippen molar-refractivity contribution in [2.24, 2.45) is 0 Å². The van der Waals surface area contributed by atoms with Crippen molar-refractivity contribution < 1.29 is 28.7 Å². The Hall–Kier alpha value is -4.31. The fraction of sp³-hybridized carbons (Fsp3) is 0.436. The number of hydrogen-bond acceptors (Lipinski definition) is 6. The van der Waals surface area contributed by atoms with E-state index in [9.17, 15) is 19.2 Å². The van der Waals surface area contributed by atoms with E-state index in [4.69, 9.17) is 9.47 Å². The number of benzene rings is 3. The fourth-order valence-electron chi connectivity index (χ4n) is 7.02. The Kier molecular flexibility index (Phi) is 12.5. The van der Waals surface area contributed by atoms with Gasteiger partial charge in [0.15, 0.2) is 0 Å². The van der Waals surface area contributed by atoms with Gasteiger partial charge in [-0.1, -0.05) is 66.7 Å². The molecule has 0 saturated carbocycles. The molecule has 9 nitrogen and oxygen atoms in total. The highest BCUT2D eigenvalue weighted by molar-refractivity contribution is 7.59. The number of ether oxygens (including phenoxy) is 2. The summed E-state index contributed by atoms with van der Waals surface area (Å²) in [5, 5.41) is 6.23. The van der Waals surface area contributed by atoms with Gasteiger partial charge in [0.25, 0.3) is 5.91 Å². The maximum Gasteiger partial charge on any atom is 0.306 e. The van der Waals surface area contributed by atoms with E-state index in [1.165, 1.54) is 0 Å². The number of fused-ring (bicyclic) bond motifs is 1. The molecule has 3 aromatic carbocycles. The van der Waals surface area contributed by atoms with Crippen molar-refractivity contribution in [2.75, 3.05) is 26.7 Å². The van der Waals surface area contributed by atoms with Crippen LogP contribution in [-0.2, 0) is 24.5 Å². The van der Waals surface area contributed by atoms with Gasteiger partial charge in [0.1, 0.15) is 11.4 Å². The maximum atomic E-state index is 14.2. The van der Waals surface area contributed by atoms with E-state index in [2.05, 4.69) is 10.6 Å². The van der Waals surface area contributed by atoms with E-state index in [1.54, 1.807) is 19.2 Å². The van der Waals surface area contributed by atoms with Gasteiger partial charge in [-0.3, -0.25) is 19.2 Å². The van der Waals surface area contributed by atoms with E-state index in [1.807, 2.05) is 92.4 Å². The molecule has 3 aromatic rings. The van der Waals surface area contributed by atoms with Crippen LogP contribution >= 0.6 is 13.5 Å². The molecule has 2 aliphatic rings. The summed E-state index contributed by atoms with van der Waals surface area (Å²) in [7, 11) is 1.55. The van der Waals surface area contributed by atoms with E-state index in [-0.39, 0.29) is 55.6 Å². The van der Waals surface area contributed by atoms with Gasteiger partial charge >= 0.3 is 5.97 Å². The normalized spacial score (nSPS) is 19.1. The van der Waals surface area contributed by atoms with E-state index >= 15 is 0 Å². The lowest BCUT2D eigenvalue weighted by Crippen LogP contribution is -2.51. The van der Waals surface area contributed by atoms with Crippen molar-refractivity contribution in [2.45, 2.75) is 82.3 Å². The Bertz CT molecular complexity index is 1620. The molecule has 0 bridgehead atoms. The molecule has 10 heteroatoms. The topological polar surface area (TPSA) is 114 Å². The van der Waals surface area contributed by atoms with Gasteiger partial charge in [-0.05, 0) is 81.7 Å². The third kappa shape index (κ3) is 8.65. The third-order valence-electron chi connectivity index (χ3n) is 9.31. The summed E-state index contributed by atoms with van der Waals surface area (Å²) in [5.41, 5.74) is 1.54. The van der Waals surface area contributed by atoms with Gasteiger partial charge in [-0.15, -0.1) is 0 Å². The highest BCUT2D eigenvalue weighted by Gasteiger charge is 2.48. The molecule has 3 amide bonds. The molecule has 0 radical (unpaired) electrons. The zero-order valence-electron chi connectivity index (χ0n) is 28.9. The Morgan fingerprint density at radius 1 is 0.878 bits per heavy atom. The van der Waals surface area contributed by atoms with Gasteiger partial charge < -0.3 is 25.0 Å². The number of rotatable bonds is 10. The molecule has 2 N–H and O–H groups in total. The predicted octanol–water partition coefficient (Wildman–Crippen LogP) is 5.63. The van der Waals surface area contributed by atoms with E-state index in [0.717, 1.165) is 16.7 Å². The molecule has 1 saturated heterocycles. The minimum Gasteiger partial charge on any atom is -0.496 e. The van der Waals surface area contributed by atoms with Gasteiger partial charge in [-0.2, -0.15) is 13.5 Å². The largest absolute Gasteiger partial charge is 0.496 e. The summed E-state index contributed by atoms with van der Waals surface area (Å²) in [6.07, 6.45) is 2.96. The molecule has 0 unspecified atom stereocenters. The van der Waals surface area contributed by atoms with Gasteiger partial charge in [0.2, 0.25) is 11.8 Å². The first-order valence-electron chi connectivity index (χ1n) is 16.9. The standard InChI is InChI=1S/C39H47N3O6.H2S/c1-38(2,3)48-34(43)19-12-24-40-37(46)39(27-13-6-5-7-14-27)23-20-30(29-15-8-10-17-32(29)39)36(45)42-25-21-28(22-26-42)41-35(44)31-16-9-11-18-33(31)47-4;/h5-11,13-18,28,30H,12,19-26H2,1-4H3,(H,40,46)(H,41,44);1H2/t30-,39+;/m0./s1. The number of carbonyl (C=O) groups is 4. The van der Waals surface area contributed by atoms with Crippen molar-refractivity contribution in [3.8, 4) is 5.75 Å². The average molecular weight is 688 g/mol. The predicted molar refractivity (Wildman–Crippen MR) is 194 cm³/mol. The van der Waals surface area contributed by atoms with Crippen LogP contribution in [0.3, 0.4) is 0 Å². The molecule has 1 aliphatic carbocycles. The quantitative estimate of drug-likeness (QED) is 0.211. The second kappa shape index (κ2) is 16.4. The van der Waals surface area contributed by atoms with Crippen LogP contribution in [0.2, 0.25) is 0 Å². The number of amides is 3. The number of methoxy groups -OCH3 is 1. The average Bonchev–Trinajstić information content (AvgIpc) is 3.09. The third-order valence-corrected chi connectivity index (χ3v) is 9.31. The zero-order valence-corrected chi connectivity index (χ0v) is 29.9. The summed E-state index contributed by atoms with van der Waals surface area (Å²) in [5.74, 6) is -0.405. The number of esters is 1. The highest BCUT2D eigenvalue weighted by atomic mass is 32.1. The van der Waals surface area contributed by atoms with Crippen LogP contribution in [0, 0.1) is 0 Å². The van der Waals surface area contributed by atoms with Crippen molar-refractivity contribution in [3.63, 3.8) is 0 Å². The molecule has 2 atom stereocenters. The van der Waals surface area contributed by atoms with Crippen molar-refractivity contribution in [3.05, 3.63) is 101 Å². The first-order chi connectivity index (χ1) is 23.0. The molecule has 1 heterocycles. The van der Waals surface area contributed by atoms with Gasteiger partial charge in [0, 0.05) is 32.1 Å². The number of nitrogens with zero attached hydrogens (tertiary/aromatic N) is 1. The first kappa shape index (κ1) is 37.5.